The van der Waals surface area contributed by atoms with Crippen LogP contribution in [0.3, 0.4) is 0 Å². The molecule has 0 spiro atoms. The normalized spacial score (nSPS) is 21.3. The van der Waals surface area contributed by atoms with Crippen molar-refractivity contribution in [3.05, 3.63) is 29.8 Å². The van der Waals surface area contributed by atoms with Crippen LogP contribution in [0, 0.1) is 11.8 Å². The van der Waals surface area contributed by atoms with E-state index in [1.807, 2.05) is 12.1 Å². The summed E-state index contributed by atoms with van der Waals surface area (Å²) in [5.74, 6) is 1.42. The highest BCUT2D eigenvalue weighted by Gasteiger charge is 2.32. The van der Waals surface area contributed by atoms with Gasteiger partial charge in [-0.05, 0) is 56.1 Å². The average molecular weight is 348 g/mol. The molecule has 5 nitrogen and oxygen atoms in total. The van der Waals surface area contributed by atoms with Crippen molar-refractivity contribution in [2.45, 2.75) is 39.2 Å². The van der Waals surface area contributed by atoms with Gasteiger partial charge < -0.3 is 15.8 Å². The van der Waals surface area contributed by atoms with Crippen molar-refractivity contribution in [2.24, 2.45) is 17.6 Å². The molecule has 0 aliphatic heterocycles. The van der Waals surface area contributed by atoms with Crippen LogP contribution in [0.1, 0.15) is 44.7 Å². The van der Waals surface area contributed by atoms with Gasteiger partial charge in [-0.1, -0.05) is 32.4 Å². The molecule has 3 atom stereocenters. The maximum Gasteiger partial charge on any atom is 0.223 e. The highest BCUT2D eigenvalue weighted by Crippen LogP contribution is 2.31. The maximum absolute atomic E-state index is 12.7. The summed E-state index contributed by atoms with van der Waals surface area (Å²) in [6.45, 7) is 7.39. The number of rotatable bonds is 9. The molecule has 25 heavy (non-hydrogen) atoms. The molecule has 1 aliphatic carbocycles. The number of nitrogens with one attached hydrogen (secondary N) is 1. The number of benzene rings is 1. The third kappa shape index (κ3) is 4.95. The van der Waals surface area contributed by atoms with Crippen LogP contribution in [0.2, 0.25) is 0 Å². The molecule has 3 N–H and O–H groups in total. The molecule has 1 fully saturated rings. The predicted octanol–water partition coefficient (Wildman–Crippen LogP) is 2.57. The minimum Gasteiger partial charge on any atom is -0.497 e. The van der Waals surface area contributed by atoms with Gasteiger partial charge in [0.15, 0.2) is 0 Å². The largest absolute Gasteiger partial charge is 0.497 e. The molecule has 1 aromatic rings. The average Bonchev–Trinajstić information content (AvgIpc) is 3.13. The number of likely N-dealkylation sites (N-methyl/N-ethyl adjacent to an activating group) is 1. The Labute approximate surface area is 151 Å². The molecular formula is C20H33N3O2. The molecule has 0 aromatic heterocycles. The zero-order chi connectivity index (χ0) is 18.2. The number of methoxy groups -OCH3 is 1. The fraction of sp³-hybridized carbons (Fsp3) is 0.650. The van der Waals surface area contributed by atoms with Gasteiger partial charge in [-0.25, -0.2) is 0 Å². The number of ether oxygens (including phenoxy) is 1. The zero-order valence-corrected chi connectivity index (χ0v) is 15.8. The monoisotopic (exact) mass is 347 g/mol. The third-order valence-electron chi connectivity index (χ3n) is 5.50. The van der Waals surface area contributed by atoms with Crippen LogP contribution >= 0.6 is 0 Å². The Bertz CT molecular complexity index is 545. The summed E-state index contributed by atoms with van der Waals surface area (Å²) in [5, 5.41) is 3.20. The van der Waals surface area contributed by atoms with Crippen LogP contribution in [0.15, 0.2) is 24.3 Å². The Morgan fingerprint density at radius 1 is 1.36 bits per heavy atom. The van der Waals surface area contributed by atoms with Gasteiger partial charge in [-0.2, -0.15) is 0 Å². The van der Waals surface area contributed by atoms with E-state index in [1.165, 1.54) is 5.56 Å². The fourth-order valence-electron chi connectivity index (χ4n) is 3.96. The molecule has 1 saturated carbocycles. The molecular weight excluding hydrogens is 314 g/mol. The Hall–Kier alpha value is -1.59. The molecule has 140 valence electrons. The lowest BCUT2D eigenvalue weighted by atomic mass is 9.95. The summed E-state index contributed by atoms with van der Waals surface area (Å²) in [6, 6.07) is 8.27. The van der Waals surface area contributed by atoms with E-state index in [0.29, 0.717) is 19.0 Å². The van der Waals surface area contributed by atoms with Gasteiger partial charge in [-0.3, -0.25) is 9.69 Å². The minimum atomic E-state index is 0.0765. The van der Waals surface area contributed by atoms with E-state index >= 15 is 0 Å². The second-order valence-corrected chi connectivity index (χ2v) is 6.79. The first-order valence-electron chi connectivity index (χ1n) is 9.50. The lowest BCUT2D eigenvalue weighted by Crippen LogP contribution is -2.41. The molecule has 0 bridgehead atoms. The molecule has 1 amide bonds. The summed E-state index contributed by atoms with van der Waals surface area (Å²) >= 11 is 0. The van der Waals surface area contributed by atoms with E-state index in [2.05, 4.69) is 36.2 Å². The van der Waals surface area contributed by atoms with Crippen molar-refractivity contribution >= 4 is 5.91 Å². The van der Waals surface area contributed by atoms with Crippen molar-refractivity contribution in [1.82, 2.24) is 10.2 Å². The Balaban J connectivity index is 2.09. The van der Waals surface area contributed by atoms with Crippen molar-refractivity contribution in [2.75, 3.05) is 33.3 Å². The van der Waals surface area contributed by atoms with E-state index < -0.39 is 0 Å². The topological polar surface area (TPSA) is 67.6 Å². The van der Waals surface area contributed by atoms with Crippen molar-refractivity contribution < 1.29 is 9.53 Å². The van der Waals surface area contributed by atoms with Crippen molar-refractivity contribution in [1.29, 1.82) is 0 Å². The van der Waals surface area contributed by atoms with Crippen molar-refractivity contribution in [3.8, 4) is 5.75 Å². The first kappa shape index (κ1) is 19.7. The predicted molar refractivity (Wildman–Crippen MR) is 102 cm³/mol. The number of amides is 1. The summed E-state index contributed by atoms with van der Waals surface area (Å²) in [7, 11) is 1.68. The standard InChI is InChI=1S/C20H33N3O2/c1-4-23(5-2)19(15-8-6-10-17(12-15)25-3)14-22-20(24)18-11-7-9-16(18)13-21/h6,8,10,12,16,18-19H,4-5,7,9,11,13-14,21H2,1-3H3,(H,22,24)/t16-,18-,19?/m1/s1. The highest BCUT2D eigenvalue weighted by atomic mass is 16.5. The lowest BCUT2D eigenvalue weighted by Gasteiger charge is -2.31. The highest BCUT2D eigenvalue weighted by molar-refractivity contribution is 5.79. The molecule has 1 aromatic carbocycles. The van der Waals surface area contributed by atoms with Crippen molar-refractivity contribution in [3.63, 3.8) is 0 Å². The SMILES string of the molecule is CCN(CC)C(CNC(=O)[C@@H]1CCC[C@@H]1CN)c1cccc(OC)c1. The van der Waals surface area contributed by atoms with E-state index in [9.17, 15) is 4.79 Å². The van der Waals surface area contributed by atoms with Gasteiger partial charge in [0.25, 0.3) is 0 Å². The lowest BCUT2D eigenvalue weighted by molar-refractivity contribution is -0.126. The summed E-state index contributed by atoms with van der Waals surface area (Å²) < 4.78 is 5.37. The van der Waals surface area contributed by atoms with Gasteiger partial charge >= 0.3 is 0 Å². The number of hydrogen-bond acceptors (Lipinski definition) is 4. The zero-order valence-electron chi connectivity index (χ0n) is 15.8. The van der Waals surface area contributed by atoms with E-state index in [4.69, 9.17) is 10.5 Å². The number of nitrogens with zero attached hydrogens (tertiary/aromatic N) is 1. The smallest absolute Gasteiger partial charge is 0.223 e. The van der Waals surface area contributed by atoms with Crippen LogP contribution in [0.5, 0.6) is 5.75 Å². The summed E-state index contributed by atoms with van der Waals surface area (Å²) in [5.41, 5.74) is 7.00. The number of hydrogen-bond donors (Lipinski definition) is 2. The van der Waals surface area contributed by atoms with Gasteiger partial charge in [0, 0.05) is 12.5 Å². The summed E-state index contributed by atoms with van der Waals surface area (Å²) in [4.78, 5) is 15.0. The van der Waals surface area contributed by atoms with Gasteiger partial charge in [0.2, 0.25) is 5.91 Å². The second kappa shape index (κ2) is 9.78. The van der Waals surface area contributed by atoms with E-state index in [-0.39, 0.29) is 17.9 Å². The van der Waals surface area contributed by atoms with Crippen LogP contribution < -0.4 is 15.8 Å². The minimum absolute atomic E-state index is 0.0765. The number of nitrogens with two attached hydrogens (primary N) is 1. The quantitative estimate of drug-likeness (QED) is 0.720. The maximum atomic E-state index is 12.7. The number of carbonyl (C=O) groups is 1. The molecule has 0 heterocycles. The molecule has 1 aliphatic rings. The molecule has 5 heteroatoms. The Morgan fingerprint density at radius 3 is 2.76 bits per heavy atom. The fourth-order valence-corrected chi connectivity index (χ4v) is 3.96. The molecule has 2 rings (SSSR count). The van der Waals surface area contributed by atoms with Crippen LogP contribution in [0.4, 0.5) is 0 Å². The third-order valence-corrected chi connectivity index (χ3v) is 5.50. The van der Waals surface area contributed by atoms with Crippen LogP contribution in [-0.2, 0) is 4.79 Å². The molecule has 1 unspecified atom stereocenters. The first-order chi connectivity index (χ1) is 12.1. The van der Waals surface area contributed by atoms with Crippen LogP contribution in [-0.4, -0.2) is 44.1 Å². The molecule has 0 saturated heterocycles. The van der Waals surface area contributed by atoms with E-state index in [0.717, 1.165) is 38.1 Å². The van der Waals surface area contributed by atoms with E-state index in [1.54, 1.807) is 7.11 Å². The number of carbonyl (C=O) groups excluding carboxylic acids is 1. The Kier molecular flexibility index (Phi) is 7.72. The van der Waals surface area contributed by atoms with Gasteiger partial charge in [0.05, 0.1) is 13.2 Å². The second-order valence-electron chi connectivity index (χ2n) is 6.79. The van der Waals surface area contributed by atoms with Crippen LogP contribution in [0.25, 0.3) is 0 Å². The molecule has 0 radical (unpaired) electrons. The van der Waals surface area contributed by atoms with Gasteiger partial charge in [-0.15, -0.1) is 0 Å². The Morgan fingerprint density at radius 2 is 2.12 bits per heavy atom. The summed E-state index contributed by atoms with van der Waals surface area (Å²) in [6.07, 6.45) is 3.14. The first-order valence-corrected chi connectivity index (χ1v) is 9.50. The van der Waals surface area contributed by atoms with Gasteiger partial charge in [0.1, 0.15) is 5.75 Å².